The van der Waals surface area contributed by atoms with Crippen LogP contribution in [-0.2, 0) is 0 Å². The van der Waals surface area contributed by atoms with Crippen LogP contribution in [0.4, 0.5) is 0 Å². The predicted octanol–water partition coefficient (Wildman–Crippen LogP) is 1.30. The highest BCUT2D eigenvalue weighted by Crippen LogP contribution is 2.02. The van der Waals surface area contributed by atoms with Gasteiger partial charge in [-0.2, -0.15) is 0 Å². The fourth-order valence-electron chi connectivity index (χ4n) is 1.27. The average molecular weight is 186 g/mol. The standard InChI is InChI=1S/C9H22N2Si/c1-6-9-12(10(4)7-2)11(5)8-3/h6,12H,1,7-9H2,2-5H3. The summed E-state index contributed by atoms with van der Waals surface area (Å²) >= 11 is 0. The first-order valence-electron chi connectivity index (χ1n) is 4.68. The summed E-state index contributed by atoms with van der Waals surface area (Å²) in [5.41, 5.74) is 0. The molecule has 0 fully saturated rings. The summed E-state index contributed by atoms with van der Waals surface area (Å²) in [6.45, 7) is 10.5. The Balaban J connectivity index is 4.09. The quantitative estimate of drug-likeness (QED) is 0.456. The van der Waals surface area contributed by atoms with E-state index in [9.17, 15) is 0 Å². The van der Waals surface area contributed by atoms with E-state index >= 15 is 0 Å². The molecule has 2 nitrogen and oxygen atoms in total. The van der Waals surface area contributed by atoms with Gasteiger partial charge in [0.2, 0.25) is 0 Å². The summed E-state index contributed by atoms with van der Waals surface area (Å²) in [7, 11) is 3.56. The summed E-state index contributed by atoms with van der Waals surface area (Å²) < 4.78 is 4.95. The Morgan fingerprint density at radius 2 is 1.58 bits per heavy atom. The number of hydrogen-bond acceptors (Lipinski definition) is 2. The van der Waals surface area contributed by atoms with Crippen molar-refractivity contribution >= 4 is 9.12 Å². The first kappa shape index (κ1) is 11.9. The van der Waals surface area contributed by atoms with Crippen LogP contribution in [0, 0.1) is 0 Å². The van der Waals surface area contributed by atoms with Crippen molar-refractivity contribution in [1.82, 2.24) is 9.13 Å². The molecule has 0 spiro atoms. The second-order valence-electron chi connectivity index (χ2n) is 3.15. The highest BCUT2D eigenvalue weighted by atomic mass is 28.3. The molecule has 0 amide bonds. The van der Waals surface area contributed by atoms with Crippen LogP contribution in [0.15, 0.2) is 12.7 Å². The molecule has 0 N–H and O–H groups in total. The molecule has 0 saturated carbocycles. The van der Waals surface area contributed by atoms with Crippen LogP contribution >= 0.6 is 0 Å². The minimum atomic E-state index is -0.873. The molecule has 3 heteroatoms. The van der Waals surface area contributed by atoms with E-state index in [1.807, 2.05) is 0 Å². The van der Waals surface area contributed by atoms with Gasteiger partial charge < -0.3 is 9.13 Å². The number of allylic oxidation sites excluding steroid dienone is 1. The van der Waals surface area contributed by atoms with Crippen molar-refractivity contribution in [3.8, 4) is 0 Å². The van der Waals surface area contributed by atoms with E-state index in [0.717, 1.165) is 13.1 Å². The molecule has 0 heterocycles. The second-order valence-corrected chi connectivity index (χ2v) is 6.35. The molecule has 12 heavy (non-hydrogen) atoms. The van der Waals surface area contributed by atoms with Gasteiger partial charge in [-0.15, -0.1) is 6.58 Å². The molecule has 0 radical (unpaired) electrons. The highest BCUT2D eigenvalue weighted by Gasteiger charge is 2.17. The first-order chi connectivity index (χ1) is 5.67. The molecule has 0 aliphatic rings. The molecule has 0 aliphatic heterocycles. The Bertz CT molecular complexity index is 118. The molecule has 0 saturated heterocycles. The lowest BCUT2D eigenvalue weighted by molar-refractivity contribution is 0.442. The fourth-order valence-corrected chi connectivity index (χ4v) is 3.80. The van der Waals surface area contributed by atoms with Crippen LogP contribution in [0.25, 0.3) is 0 Å². The lowest BCUT2D eigenvalue weighted by Crippen LogP contribution is -2.48. The van der Waals surface area contributed by atoms with E-state index in [4.69, 9.17) is 0 Å². The van der Waals surface area contributed by atoms with E-state index in [0.29, 0.717) is 0 Å². The number of nitrogens with zero attached hydrogens (tertiary/aromatic N) is 2. The van der Waals surface area contributed by atoms with E-state index in [1.165, 1.54) is 6.04 Å². The molecule has 0 bridgehead atoms. The zero-order chi connectivity index (χ0) is 9.56. The summed E-state index contributed by atoms with van der Waals surface area (Å²) in [6, 6.07) is 1.18. The Kier molecular flexibility index (Phi) is 6.33. The van der Waals surface area contributed by atoms with E-state index in [2.05, 4.69) is 49.7 Å². The SMILES string of the molecule is C=CC[SiH](N(C)CC)N(C)CC. The molecular weight excluding hydrogens is 164 g/mol. The zero-order valence-electron chi connectivity index (χ0n) is 8.88. The summed E-state index contributed by atoms with van der Waals surface area (Å²) in [5, 5.41) is 0. The summed E-state index contributed by atoms with van der Waals surface area (Å²) in [6.07, 6.45) is 2.05. The molecule has 0 aromatic rings. The molecule has 72 valence electrons. The normalized spacial score (nSPS) is 11.6. The molecule has 0 unspecified atom stereocenters. The van der Waals surface area contributed by atoms with Gasteiger partial charge in [-0.1, -0.05) is 19.9 Å². The lowest BCUT2D eigenvalue weighted by atomic mass is 10.8. The van der Waals surface area contributed by atoms with Gasteiger partial charge in [0.1, 0.15) is 0 Å². The van der Waals surface area contributed by atoms with Crippen molar-refractivity contribution in [3.05, 3.63) is 12.7 Å². The van der Waals surface area contributed by atoms with E-state index in [1.54, 1.807) is 0 Å². The van der Waals surface area contributed by atoms with Crippen molar-refractivity contribution in [2.75, 3.05) is 27.2 Å². The van der Waals surface area contributed by atoms with Gasteiger partial charge in [0.25, 0.3) is 0 Å². The van der Waals surface area contributed by atoms with Crippen LogP contribution in [0.2, 0.25) is 6.04 Å². The van der Waals surface area contributed by atoms with Gasteiger partial charge in [-0.05, 0) is 33.2 Å². The smallest absolute Gasteiger partial charge is 0.193 e. The third kappa shape index (κ3) is 3.52. The van der Waals surface area contributed by atoms with Crippen molar-refractivity contribution in [1.29, 1.82) is 0 Å². The van der Waals surface area contributed by atoms with Crippen LogP contribution < -0.4 is 0 Å². The van der Waals surface area contributed by atoms with Crippen LogP contribution in [0.5, 0.6) is 0 Å². The third-order valence-electron chi connectivity index (χ3n) is 2.39. The van der Waals surface area contributed by atoms with Gasteiger partial charge in [-0.25, -0.2) is 0 Å². The van der Waals surface area contributed by atoms with Gasteiger partial charge in [-0.3, -0.25) is 0 Å². The number of hydrogen-bond donors (Lipinski definition) is 0. The van der Waals surface area contributed by atoms with Gasteiger partial charge in [0, 0.05) is 0 Å². The largest absolute Gasteiger partial charge is 0.317 e. The molecule has 0 aromatic heterocycles. The topological polar surface area (TPSA) is 6.48 Å². The minimum absolute atomic E-state index is 0.873. The average Bonchev–Trinajstić information content (AvgIpc) is 2.11. The van der Waals surface area contributed by atoms with Crippen molar-refractivity contribution in [3.63, 3.8) is 0 Å². The Morgan fingerprint density at radius 1 is 1.17 bits per heavy atom. The minimum Gasteiger partial charge on any atom is -0.317 e. The lowest BCUT2D eigenvalue weighted by Gasteiger charge is -2.31. The maximum absolute atomic E-state index is 3.82. The molecule has 0 rings (SSSR count). The Labute approximate surface area is 78.6 Å². The Morgan fingerprint density at radius 3 is 1.83 bits per heavy atom. The summed E-state index contributed by atoms with van der Waals surface area (Å²) in [4.78, 5) is 0. The van der Waals surface area contributed by atoms with Crippen molar-refractivity contribution < 1.29 is 0 Å². The maximum Gasteiger partial charge on any atom is 0.193 e. The number of rotatable bonds is 6. The van der Waals surface area contributed by atoms with Crippen LogP contribution in [-0.4, -0.2) is 45.4 Å². The monoisotopic (exact) mass is 186 g/mol. The second kappa shape index (κ2) is 6.40. The molecule has 0 atom stereocenters. The van der Waals surface area contributed by atoms with Gasteiger partial charge >= 0.3 is 0 Å². The summed E-state index contributed by atoms with van der Waals surface area (Å²) in [5.74, 6) is 0. The molecule has 0 aromatic carbocycles. The predicted molar refractivity (Wildman–Crippen MR) is 58.8 cm³/mol. The van der Waals surface area contributed by atoms with Crippen molar-refractivity contribution in [2.24, 2.45) is 0 Å². The van der Waals surface area contributed by atoms with Crippen molar-refractivity contribution in [2.45, 2.75) is 19.9 Å². The van der Waals surface area contributed by atoms with E-state index < -0.39 is 9.12 Å². The first-order valence-corrected chi connectivity index (χ1v) is 6.53. The maximum atomic E-state index is 3.82. The van der Waals surface area contributed by atoms with Gasteiger partial charge in [0.15, 0.2) is 9.12 Å². The van der Waals surface area contributed by atoms with Crippen LogP contribution in [0.1, 0.15) is 13.8 Å². The van der Waals surface area contributed by atoms with E-state index in [-0.39, 0.29) is 0 Å². The van der Waals surface area contributed by atoms with Gasteiger partial charge in [0.05, 0.1) is 0 Å². The third-order valence-corrected chi connectivity index (χ3v) is 5.91. The molecular formula is C9H22N2Si. The zero-order valence-corrected chi connectivity index (χ0v) is 10.0. The highest BCUT2D eigenvalue weighted by molar-refractivity contribution is 6.53. The Hall–Kier alpha value is -0.123. The fraction of sp³-hybridized carbons (Fsp3) is 0.778. The van der Waals surface area contributed by atoms with Crippen LogP contribution in [0.3, 0.4) is 0 Å². The molecule has 0 aliphatic carbocycles.